The Morgan fingerprint density at radius 1 is 0.955 bits per heavy atom. The molecule has 110 valence electrons. The highest BCUT2D eigenvalue weighted by Gasteiger charge is 2.09. The van der Waals surface area contributed by atoms with Crippen molar-refractivity contribution in [1.82, 2.24) is 0 Å². The van der Waals surface area contributed by atoms with Gasteiger partial charge in [0.15, 0.2) is 19.0 Å². The molecule has 5 heteroatoms. The van der Waals surface area contributed by atoms with Crippen molar-refractivity contribution < 1.29 is 19.1 Å². The Morgan fingerprint density at radius 2 is 1.59 bits per heavy atom. The van der Waals surface area contributed by atoms with Crippen molar-refractivity contribution in [1.29, 1.82) is 5.26 Å². The highest BCUT2D eigenvalue weighted by atomic mass is 16.6. The molecule has 2 rings (SSSR count). The summed E-state index contributed by atoms with van der Waals surface area (Å²) in [7, 11) is 0. The van der Waals surface area contributed by atoms with E-state index in [-0.39, 0.29) is 19.0 Å². The van der Waals surface area contributed by atoms with Gasteiger partial charge in [-0.1, -0.05) is 30.3 Å². The molecule has 0 aliphatic heterocycles. The van der Waals surface area contributed by atoms with Crippen LogP contribution in [0.4, 0.5) is 0 Å². The Morgan fingerprint density at radius 3 is 2.23 bits per heavy atom. The molecule has 0 aliphatic rings. The predicted octanol–water partition coefficient (Wildman–Crippen LogP) is 2.36. The van der Waals surface area contributed by atoms with E-state index in [0.717, 1.165) is 0 Å². The third kappa shape index (κ3) is 4.18. The highest BCUT2D eigenvalue weighted by Crippen LogP contribution is 2.15. The van der Waals surface area contributed by atoms with E-state index in [9.17, 15) is 9.59 Å². The molecule has 0 atom stereocenters. The molecule has 0 aromatic heterocycles. The molecule has 22 heavy (non-hydrogen) atoms. The largest absolute Gasteiger partial charge is 0.482 e. The number of hydrogen-bond acceptors (Lipinski definition) is 5. The SMILES string of the molecule is N#CCOC(=O)COc1ccc(C(=O)c2ccccc2)cc1. The molecule has 2 aromatic carbocycles. The molecule has 5 nitrogen and oxygen atoms in total. The maximum atomic E-state index is 12.2. The summed E-state index contributed by atoms with van der Waals surface area (Å²) in [5.41, 5.74) is 1.14. The van der Waals surface area contributed by atoms with Gasteiger partial charge in [-0.15, -0.1) is 0 Å². The number of rotatable bonds is 6. The Hall–Kier alpha value is -3.13. The van der Waals surface area contributed by atoms with Gasteiger partial charge in [-0.2, -0.15) is 5.26 Å². The van der Waals surface area contributed by atoms with Crippen LogP contribution < -0.4 is 4.74 Å². The van der Waals surface area contributed by atoms with Crippen molar-refractivity contribution in [2.24, 2.45) is 0 Å². The van der Waals surface area contributed by atoms with Crippen LogP contribution in [0.5, 0.6) is 5.75 Å². The number of carbonyl (C=O) groups is 2. The van der Waals surface area contributed by atoms with E-state index in [1.807, 2.05) is 6.07 Å². The molecule has 0 spiro atoms. The molecule has 0 saturated heterocycles. The van der Waals surface area contributed by atoms with Crippen LogP contribution in [-0.2, 0) is 9.53 Å². The van der Waals surface area contributed by atoms with Crippen LogP contribution in [0.3, 0.4) is 0 Å². The number of ketones is 1. The second-order valence-corrected chi connectivity index (χ2v) is 4.33. The Labute approximate surface area is 127 Å². The minimum atomic E-state index is -0.619. The maximum Gasteiger partial charge on any atom is 0.345 e. The zero-order chi connectivity index (χ0) is 15.8. The molecule has 0 N–H and O–H groups in total. The van der Waals surface area contributed by atoms with Crippen LogP contribution in [-0.4, -0.2) is 25.0 Å². The van der Waals surface area contributed by atoms with Gasteiger partial charge in [0.1, 0.15) is 11.8 Å². The molecule has 0 saturated carbocycles. The molecular formula is C17H13NO4. The van der Waals surface area contributed by atoms with Crippen molar-refractivity contribution in [2.75, 3.05) is 13.2 Å². The Balaban J connectivity index is 1.95. The van der Waals surface area contributed by atoms with Crippen LogP contribution >= 0.6 is 0 Å². The summed E-state index contributed by atoms with van der Waals surface area (Å²) in [5, 5.41) is 8.28. The number of ether oxygens (including phenoxy) is 2. The molecule has 0 amide bonds. The first-order chi connectivity index (χ1) is 10.7. The summed E-state index contributed by atoms with van der Waals surface area (Å²) >= 11 is 0. The third-order valence-electron chi connectivity index (χ3n) is 2.81. The summed E-state index contributed by atoms with van der Waals surface area (Å²) in [4.78, 5) is 23.4. The van der Waals surface area contributed by atoms with E-state index in [1.54, 1.807) is 54.6 Å². The van der Waals surface area contributed by atoms with E-state index in [2.05, 4.69) is 4.74 Å². The van der Waals surface area contributed by atoms with Crippen LogP contribution in [0, 0.1) is 11.3 Å². The molecule has 0 unspecified atom stereocenters. The average molecular weight is 295 g/mol. The zero-order valence-electron chi connectivity index (χ0n) is 11.7. The fourth-order valence-corrected chi connectivity index (χ4v) is 1.76. The topological polar surface area (TPSA) is 76.4 Å². The van der Waals surface area contributed by atoms with Gasteiger partial charge in [0, 0.05) is 11.1 Å². The van der Waals surface area contributed by atoms with Crippen molar-refractivity contribution >= 4 is 11.8 Å². The van der Waals surface area contributed by atoms with Crippen molar-refractivity contribution in [2.45, 2.75) is 0 Å². The van der Waals surface area contributed by atoms with Crippen LogP contribution in [0.2, 0.25) is 0 Å². The number of hydrogen-bond donors (Lipinski definition) is 0. The number of benzene rings is 2. The predicted molar refractivity (Wildman–Crippen MR) is 78.4 cm³/mol. The van der Waals surface area contributed by atoms with E-state index in [0.29, 0.717) is 16.9 Å². The Bertz CT molecular complexity index is 687. The van der Waals surface area contributed by atoms with Gasteiger partial charge in [-0.25, -0.2) is 4.79 Å². The van der Waals surface area contributed by atoms with Gasteiger partial charge in [-0.05, 0) is 24.3 Å². The summed E-state index contributed by atoms with van der Waals surface area (Å²) in [6, 6.07) is 17.1. The number of esters is 1. The van der Waals surface area contributed by atoms with E-state index in [4.69, 9.17) is 10.00 Å². The van der Waals surface area contributed by atoms with Gasteiger partial charge >= 0.3 is 5.97 Å². The number of nitrogens with zero attached hydrogens (tertiary/aromatic N) is 1. The minimum Gasteiger partial charge on any atom is -0.482 e. The molecule has 0 radical (unpaired) electrons. The molecule has 0 aliphatic carbocycles. The highest BCUT2D eigenvalue weighted by molar-refractivity contribution is 6.08. The summed E-state index contributed by atoms with van der Waals surface area (Å²) in [5.74, 6) is -0.259. The average Bonchev–Trinajstić information content (AvgIpc) is 2.58. The fourth-order valence-electron chi connectivity index (χ4n) is 1.76. The first-order valence-electron chi connectivity index (χ1n) is 6.56. The number of carbonyl (C=O) groups excluding carboxylic acids is 2. The summed E-state index contributed by atoms with van der Waals surface area (Å²) in [6.45, 7) is -0.583. The standard InChI is InChI=1S/C17H13NO4/c18-10-11-21-16(19)12-22-15-8-6-14(7-9-15)17(20)13-4-2-1-3-5-13/h1-9H,11-12H2. The zero-order valence-corrected chi connectivity index (χ0v) is 11.7. The maximum absolute atomic E-state index is 12.2. The fraction of sp³-hybridized carbons (Fsp3) is 0.118. The molecular weight excluding hydrogens is 282 g/mol. The molecule has 2 aromatic rings. The summed E-state index contributed by atoms with van der Waals surface area (Å²) in [6.07, 6.45) is 0. The lowest BCUT2D eigenvalue weighted by molar-refractivity contribution is -0.144. The molecule has 0 bridgehead atoms. The lowest BCUT2D eigenvalue weighted by atomic mass is 10.0. The van der Waals surface area contributed by atoms with Crippen molar-refractivity contribution in [3.63, 3.8) is 0 Å². The lowest BCUT2D eigenvalue weighted by Crippen LogP contribution is -2.15. The smallest absolute Gasteiger partial charge is 0.345 e. The van der Waals surface area contributed by atoms with Crippen LogP contribution in [0.15, 0.2) is 54.6 Å². The lowest BCUT2D eigenvalue weighted by Gasteiger charge is -2.06. The van der Waals surface area contributed by atoms with Crippen LogP contribution in [0.1, 0.15) is 15.9 Å². The van der Waals surface area contributed by atoms with Crippen LogP contribution in [0.25, 0.3) is 0 Å². The minimum absolute atomic E-state index is 0.0828. The van der Waals surface area contributed by atoms with Gasteiger partial charge in [0.2, 0.25) is 0 Å². The summed E-state index contributed by atoms with van der Waals surface area (Å²) < 4.78 is 9.76. The van der Waals surface area contributed by atoms with Gasteiger partial charge in [0.05, 0.1) is 0 Å². The first kappa shape index (κ1) is 15.3. The number of nitriles is 1. The van der Waals surface area contributed by atoms with E-state index < -0.39 is 5.97 Å². The van der Waals surface area contributed by atoms with Gasteiger partial charge in [-0.3, -0.25) is 4.79 Å². The second kappa shape index (κ2) is 7.60. The molecule has 0 fully saturated rings. The van der Waals surface area contributed by atoms with E-state index in [1.165, 1.54) is 0 Å². The third-order valence-corrected chi connectivity index (χ3v) is 2.81. The van der Waals surface area contributed by atoms with E-state index >= 15 is 0 Å². The quantitative estimate of drug-likeness (QED) is 0.604. The normalized spacial score (nSPS) is 9.59. The van der Waals surface area contributed by atoms with Crippen molar-refractivity contribution in [3.05, 3.63) is 65.7 Å². The molecule has 0 heterocycles. The first-order valence-corrected chi connectivity index (χ1v) is 6.56. The second-order valence-electron chi connectivity index (χ2n) is 4.33. The van der Waals surface area contributed by atoms with Gasteiger partial charge < -0.3 is 9.47 Å². The Kier molecular flexibility index (Phi) is 5.27. The van der Waals surface area contributed by atoms with Crippen molar-refractivity contribution in [3.8, 4) is 11.8 Å². The van der Waals surface area contributed by atoms with Gasteiger partial charge in [0.25, 0.3) is 0 Å². The monoisotopic (exact) mass is 295 g/mol.